The van der Waals surface area contributed by atoms with Crippen LogP contribution in [0.15, 0.2) is 18.2 Å². The molecule has 0 amide bonds. The number of alkyl halides is 4. The molecule has 0 atom stereocenters. The fraction of sp³-hybridized carbons (Fsp3) is 0.364. The number of methoxy groups -OCH3 is 1. The standard InChI is InChI=1S/C11H10ClF3O3/c1-17-7-2-3-10(18-11(13,14)15)8(6-7)9(16)4-5-12/h2-3,6H,4-5H2,1H3. The normalized spacial score (nSPS) is 11.2. The Morgan fingerprint density at radius 2 is 2.06 bits per heavy atom. The average molecular weight is 283 g/mol. The molecule has 0 aliphatic heterocycles. The molecule has 0 N–H and O–H groups in total. The maximum absolute atomic E-state index is 12.2. The van der Waals surface area contributed by atoms with Gasteiger partial charge in [0.1, 0.15) is 11.5 Å². The zero-order valence-corrected chi connectivity index (χ0v) is 10.1. The highest BCUT2D eigenvalue weighted by atomic mass is 35.5. The summed E-state index contributed by atoms with van der Waals surface area (Å²) < 4.78 is 45.1. The highest BCUT2D eigenvalue weighted by Crippen LogP contribution is 2.30. The minimum Gasteiger partial charge on any atom is -0.497 e. The summed E-state index contributed by atoms with van der Waals surface area (Å²) in [6, 6.07) is 3.50. The molecular weight excluding hydrogens is 273 g/mol. The van der Waals surface area contributed by atoms with E-state index in [2.05, 4.69) is 4.74 Å². The van der Waals surface area contributed by atoms with E-state index >= 15 is 0 Å². The first-order valence-corrected chi connectivity index (χ1v) is 5.44. The van der Waals surface area contributed by atoms with Crippen LogP contribution in [0.2, 0.25) is 0 Å². The van der Waals surface area contributed by atoms with Gasteiger partial charge in [0, 0.05) is 12.3 Å². The largest absolute Gasteiger partial charge is 0.573 e. The minimum atomic E-state index is -4.86. The molecule has 18 heavy (non-hydrogen) atoms. The third-order valence-corrected chi connectivity index (χ3v) is 2.22. The van der Waals surface area contributed by atoms with Gasteiger partial charge in [0.25, 0.3) is 0 Å². The van der Waals surface area contributed by atoms with Crippen molar-refractivity contribution in [3.8, 4) is 11.5 Å². The van der Waals surface area contributed by atoms with Gasteiger partial charge < -0.3 is 9.47 Å². The van der Waals surface area contributed by atoms with E-state index < -0.39 is 17.9 Å². The molecule has 0 saturated carbocycles. The van der Waals surface area contributed by atoms with Gasteiger partial charge in [-0.25, -0.2) is 0 Å². The van der Waals surface area contributed by atoms with E-state index in [1.165, 1.54) is 19.2 Å². The van der Waals surface area contributed by atoms with Gasteiger partial charge >= 0.3 is 6.36 Å². The number of rotatable bonds is 5. The van der Waals surface area contributed by atoms with Crippen LogP contribution >= 0.6 is 11.6 Å². The van der Waals surface area contributed by atoms with E-state index in [1.807, 2.05) is 0 Å². The van der Waals surface area contributed by atoms with Crippen LogP contribution in [0, 0.1) is 0 Å². The van der Waals surface area contributed by atoms with Crippen molar-refractivity contribution in [2.24, 2.45) is 0 Å². The molecule has 3 nitrogen and oxygen atoms in total. The van der Waals surface area contributed by atoms with Crippen molar-refractivity contribution >= 4 is 17.4 Å². The predicted molar refractivity (Wildman–Crippen MR) is 59.3 cm³/mol. The van der Waals surface area contributed by atoms with Crippen LogP contribution in [0.1, 0.15) is 16.8 Å². The molecule has 0 unspecified atom stereocenters. The highest BCUT2D eigenvalue weighted by molar-refractivity contribution is 6.19. The molecule has 0 radical (unpaired) electrons. The maximum atomic E-state index is 12.2. The van der Waals surface area contributed by atoms with E-state index in [0.29, 0.717) is 0 Å². The van der Waals surface area contributed by atoms with Gasteiger partial charge in [-0.05, 0) is 18.2 Å². The number of halogens is 4. The summed E-state index contributed by atoms with van der Waals surface area (Å²) in [5.74, 6) is -0.814. The fourth-order valence-corrected chi connectivity index (χ4v) is 1.46. The topological polar surface area (TPSA) is 35.5 Å². The Kier molecular flexibility index (Phi) is 4.84. The van der Waals surface area contributed by atoms with Crippen molar-refractivity contribution in [1.29, 1.82) is 0 Å². The number of Topliss-reactive ketones (excluding diaryl/α,β-unsaturated/α-hetero) is 1. The van der Waals surface area contributed by atoms with Gasteiger partial charge in [-0.2, -0.15) is 0 Å². The van der Waals surface area contributed by atoms with Gasteiger partial charge in [0.15, 0.2) is 5.78 Å². The molecule has 0 aliphatic rings. The van der Waals surface area contributed by atoms with Gasteiger partial charge in [-0.1, -0.05) is 0 Å². The first-order chi connectivity index (χ1) is 8.37. The number of carbonyl (C=O) groups is 1. The fourth-order valence-electron chi connectivity index (χ4n) is 1.29. The van der Waals surface area contributed by atoms with Crippen LogP contribution < -0.4 is 9.47 Å². The van der Waals surface area contributed by atoms with Crippen molar-refractivity contribution in [1.82, 2.24) is 0 Å². The molecule has 0 fully saturated rings. The Labute approximate surface area is 106 Å². The summed E-state index contributed by atoms with van der Waals surface area (Å²) in [6.45, 7) is 0. The molecule has 0 aromatic heterocycles. The van der Waals surface area contributed by atoms with Crippen LogP contribution in [0.25, 0.3) is 0 Å². The van der Waals surface area contributed by atoms with E-state index in [4.69, 9.17) is 16.3 Å². The lowest BCUT2D eigenvalue weighted by atomic mass is 10.1. The van der Waals surface area contributed by atoms with E-state index in [9.17, 15) is 18.0 Å². The van der Waals surface area contributed by atoms with Crippen molar-refractivity contribution < 1.29 is 27.4 Å². The van der Waals surface area contributed by atoms with E-state index in [1.54, 1.807) is 0 Å². The Bertz CT molecular complexity index is 432. The van der Waals surface area contributed by atoms with Crippen LogP contribution in [-0.4, -0.2) is 25.1 Å². The SMILES string of the molecule is COc1ccc(OC(F)(F)F)c(C(=O)CCCl)c1. The molecule has 0 spiro atoms. The number of ether oxygens (including phenoxy) is 2. The van der Waals surface area contributed by atoms with Gasteiger partial charge in [-0.3, -0.25) is 4.79 Å². The van der Waals surface area contributed by atoms with Crippen molar-refractivity contribution in [3.05, 3.63) is 23.8 Å². The zero-order chi connectivity index (χ0) is 13.8. The first-order valence-electron chi connectivity index (χ1n) is 4.90. The Balaban J connectivity index is 3.12. The average Bonchev–Trinajstić information content (AvgIpc) is 2.27. The lowest BCUT2D eigenvalue weighted by molar-refractivity contribution is -0.274. The van der Waals surface area contributed by atoms with Crippen molar-refractivity contribution in [3.63, 3.8) is 0 Å². The van der Waals surface area contributed by atoms with Crippen molar-refractivity contribution in [2.45, 2.75) is 12.8 Å². The van der Waals surface area contributed by atoms with Gasteiger partial charge in [0.05, 0.1) is 12.7 Å². The molecular formula is C11H10ClF3O3. The highest BCUT2D eigenvalue weighted by Gasteiger charge is 2.33. The molecule has 100 valence electrons. The third-order valence-electron chi connectivity index (χ3n) is 2.03. The molecule has 1 rings (SSSR count). The first kappa shape index (κ1) is 14.6. The summed E-state index contributed by atoms with van der Waals surface area (Å²) >= 11 is 5.39. The maximum Gasteiger partial charge on any atom is 0.573 e. The lowest BCUT2D eigenvalue weighted by Crippen LogP contribution is -2.19. The van der Waals surface area contributed by atoms with Crippen LogP contribution in [0.3, 0.4) is 0 Å². The molecule has 1 aromatic carbocycles. The summed E-state index contributed by atoms with van der Waals surface area (Å²) in [5, 5.41) is 0. The minimum absolute atomic E-state index is 0.0154. The number of carbonyl (C=O) groups excluding carboxylic acids is 1. The van der Waals surface area contributed by atoms with Gasteiger partial charge in [0.2, 0.25) is 0 Å². The quantitative estimate of drug-likeness (QED) is 0.613. The molecule has 0 saturated heterocycles. The Morgan fingerprint density at radius 3 is 2.56 bits per heavy atom. The zero-order valence-electron chi connectivity index (χ0n) is 9.38. The molecule has 0 bridgehead atoms. The van der Waals surface area contributed by atoms with E-state index in [0.717, 1.165) is 6.07 Å². The third kappa shape index (κ3) is 4.10. The second kappa shape index (κ2) is 5.95. The molecule has 7 heteroatoms. The molecule has 0 heterocycles. The smallest absolute Gasteiger partial charge is 0.497 e. The van der Waals surface area contributed by atoms with E-state index in [-0.39, 0.29) is 23.6 Å². The predicted octanol–water partition coefficient (Wildman–Crippen LogP) is 3.41. The number of hydrogen-bond donors (Lipinski definition) is 0. The monoisotopic (exact) mass is 282 g/mol. The summed E-state index contributed by atoms with van der Waals surface area (Å²) in [6.07, 6.45) is -4.94. The second-order valence-electron chi connectivity index (χ2n) is 3.27. The Morgan fingerprint density at radius 1 is 1.39 bits per heavy atom. The second-order valence-corrected chi connectivity index (χ2v) is 3.65. The summed E-state index contributed by atoms with van der Waals surface area (Å²) in [5.41, 5.74) is -0.202. The van der Waals surface area contributed by atoms with Crippen LogP contribution in [-0.2, 0) is 0 Å². The molecule has 1 aromatic rings. The lowest BCUT2D eigenvalue weighted by Gasteiger charge is -2.13. The summed E-state index contributed by atoms with van der Waals surface area (Å²) in [7, 11) is 1.34. The Hall–Kier alpha value is -1.43. The number of hydrogen-bond acceptors (Lipinski definition) is 3. The number of benzene rings is 1. The number of ketones is 1. The van der Waals surface area contributed by atoms with Crippen molar-refractivity contribution in [2.75, 3.05) is 13.0 Å². The van der Waals surface area contributed by atoms with Gasteiger partial charge in [-0.15, -0.1) is 24.8 Å². The molecule has 0 aliphatic carbocycles. The van der Waals surface area contributed by atoms with Crippen LogP contribution in [0.5, 0.6) is 11.5 Å². The summed E-state index contributed by atoms with van der Waals surface area (Å²) in [4.78, 5) is 11.6. The van der Waals surface area contributed by atoms with Crippen LogP contribution in [0.4, 0.5) is 13.2 Å².